The summed E-state index contributed by atoms with van der Waals surface area (Å²) in [6, 6.07) is 0.0324. The molecule has 1 fully saturated rings. The second kappa shape index (κ2) is 8.45. The standard InChI is InChI=1S/C13H26N2O3/c1-17-8-3-6-15(7-9-18-2)13(16)10-12(14)11-4-5-11/h11-12H,3-10,14H2,1-2H3. The molecule has 1 atom stereocenters. The van der Waals surface area contributed by atoms with Crippen molar-refractivity contribution < 1.29 is 14.3 Å². The highest BCUT2D eigenvalue weighted by Gasteiger charge is 2.30. The zero-order valence-electron chi connectivity index (χ0n) is 11.6. The molecule has 1 unspecified atom stereocenters. The minimum absolute atomic E-state index is 0.0324. The first-order valence-corrected chi connectivity index (χ1v) is 6.70. The van der Waals surface area contributed by atoms with E-state index in [1.807, 2.05) is 4.90 Å². The van der Waals surface area contributed by atoms with E-state index in [1.165, 1.54) is 12.8 Å². The van der Waals surface area contributed by atoms with Crippen LogP contribution in [0.15, 0.2) is 0 Å². The Balaban J connectivity index is 2.32. The van der Waals surface area contributed by atoms with Gasteiger partial charge in [-0.1, -0.05) is 0 Å². The monoisotopic (exact) mass is 258 g/mol. The van der Waals surface area contributed by atoms with Gasteiger partial charge in [-0.3, -0.25) is 4.79 Å². The molecule has 1 aliphatic rings. The van der Waals surface area contributed by atoms with Crippen molar-refractivity contribution in [2.24, 2.45) is 11.7 Å². The summed E-state index contributed by atoms with van der Waals surface area (Å²) in [5.41, 5.74) is 6.00. The lowest BCUT2D eigenvalue weighted by atomic mass is 10.1. The van der Waals surface area contributed by atoms with E-state index in [0.29, 0.717) is 38.6 Å². The van der Waals surface area contributed by atoms with Gasteiger partial charge in [0.15, 0.2) is 0 Å². The van der Waals surface area contributed by atoms with E-state index in [2.05, 4.69) is 0 Å². The predicted octanol–water partition coefficient (Wildman–Crippen LogP) is 0.625. The normalized spacial score (nSPS) is 16.6. The van der Waals surface area contributed by atoms with Gasteiger partial charge >= 0.3 is 0 Å². The van der Waals surface area contributed by atoms with Crippen LogP contribution in [0.2, 0.25) is 0 Å². The molecule has 0 saturated heterocycles. The van der Waals surface area contributed by atoms with E-state index in [9.17, 15) is 4.79 Å². The maximum atomic E-state index is 12.1. The lowest BCUT2D eigenvalue weighted by Gasteiger charge is -2.24. The van der Waals surface area contributed by atoms with Crippen LogP contribution in [0.4, 0.5) is 0 Å². The molecular weight excluding hydrogens is 232 g/mol. The van der Waals surface area contributed by atoms with E-state index >= 15 is 0 Å². The fourth-order valence-corrected chi connectivity index (χ4v) is 1.98. The second-order valence-electron chi connectivity index (χ2n) is 4.93. The Morgan fingerprint density at radius 2 is 1.94 bits per heavy atom. The Hall–Kier alpha value is -0.650. The summed E-state index contributed by atoms with van der Waals surface area (Å²) < 4.78 is 10.0. The van der Waals surface area contributed by atoms with Gasteiger partial charge in [0.05, 0.1) is 6.61 Å². The number of methoxy groups -OCH3 is 2. The lowest BCUT2D eigenvalue weighted by Crippen LogP contribution is -2.39. The van der Waals surface area contributed by atoms with Crippen molar-refractivity contribution >= 4 is 5.91 Å². The van der Waals surface area contributed by atoms with E-state index < -0.39 is 0 Å². The van der Waals surface area contributed by atoms with Crippen LogP contribution < -0.4 is 5.73 Å². The third-order valence-electron chi connectivity index (χ3n) is 3.33. The summed E-state index contributed by atoms with van der Waals surface area (Å²) in [6.07, 6.45) is 3.67. The number of nitrogens with zero attached hydrogens (tertiary/aromatic N) is 1. The van der Waals surface area contributed by atoms with Crippen LogP contribution >= 0.6 is 0 Å². The molecule has 0 aromatic rings. The van der Waals surface area contributed by atoms with Crippen LogP contribution in [0.5, 0.6) is 0 Å². The minimum Gasteiger partial charge on any atom is -0.385 e. The average Bonchev–Trinajstić information content (AvgIpc) is 3.17. The molecule has 0 aromatic carbocycles. The number of nitrogens with two attached hydrogens (primary N) is 1. The van der Waals surface area contributed by atoms with Crippen molar-refractivity contribution in [2.45, 2.75) is 31.7 Å². The summed E-state index contributed by atoms with van der Waals surface area (Å²) >= 11 is 0. The van der Waals surface area contributed by atoms with Gasteiger partial charge in [0.2, 0.25) is 5.91 Å². The maximum Gasteiger partial charge on any atom is 0.224 e. The maximum absolute atomic E-state index is 12.1. The molecule has 5 nitrogen and oxygen atoms in total. The molecule has 0 aliphatic heterocycles. The third-order valence-corrected chi connectivity index (χ3v) is 3.33. The minimum atomic E-state index is 0.0324. The molecule has 1 rings (SSSR count). The smallest absolute Gasteiger partial charge is 0.224 e. The van der Waals surface area contributed by atoms with Crippen molar-refractivity contribution in [3.63, 3.8) is 0 Å². The molecule has 2 N–H and O–H groups in total. The Morgan fingerprint density at radius 1 is 1.28 bits per heavy atom. The summed E-state index contributed by atoms with van der Waals surface area (Å²) in [6.45, 7) is 2.59. The van der Waals surface area contributed by atoms with E-state index in [-0.39, 0.29) is 11.9 Å². The van der Waals surface area contributed by atoms with Gasteiger partial charge in [-0.2, -0.15) is 0 Å². The Bertz CT molecular complexity index is 244. The Kier molecular flexibility index (Phi) is 7.23. The van der Waals surface area contributed by atoms with Crippen LogP contribution in [-0.4, -0.2) is 57.4 Å². The zero-order valence-corrected chi connectivity index (χ0v) is 11.6. The fraction of sp³-hybridized carbons (Fsp3) is 0.923. The first kappa shape index (κ1) is 15.4. The molecular formula is C13H26N2O3. The topological polar surface area (TPSA) is 64.8 Å². The molecule has 1 aliphatic carbocycles. The van der Waals surface area contributed by atoms with E-state index in [0.717, 1.165) is 6.42 Å². The molecule has 5 heteroatoms. The second-order valence-corrected chi connectivity index (χ2v) is 4.93. The van der Waals surface area contributed by atoms with Crippen LogP contribution in [0.25, 0.3) is 0 Å². The highest BCUT2D eigenvalue weighted by molar-refractivity contribution is 5.76. The van der Waals surface area contributed by atoms with Gasteiger partial charge < -0.3 is 20.1 Å². The van der Waals surface area contributed by atoms with Gasteiger partial charge in [0, 0.05) is 46.4 Å². The van der Waals surface area contributed by atoms with Gasteiger partial charge in [0.25, 0.3) is 0 Å². The van der Waals surface area contributed by atoms with Crippen molar-refractivity contribution in [3.8, 4) is 0 Å². The number of ether oxygens (including phenoxy) is 2. The highest BCUT2D eigenvalue weighted by Crippen LogP contribution is 2.32. The molecule has 0 radical (unpaired) electrons. The molecule has 106 valence electrons. The zero-order chi connectivity index (χ0) is 13.4. The number of amides is 1. The van der Waals surface area contributed by atoms with Crippen LogP contribution in [0.3, 0.4) is 0 Å². The van der Waals surface area contributed by atoms with Gasteiger partial charge in [-0.05, 0) is 25.2 Å². The van der Waals surface area contributed by atoms with Crippen molar-refractivity contribution in [2.75, 3.05) is 40.5 Å². The number of hydrogen-bond acceptors (Lipinski definition) is 4. The SMILES string of the molecule is COCCCN(CCOC)C(=O)CC(N)C1CC1. The Labute approximate surface area is 110 Å². The first-order valence-electron chi connectivity index (χ1n) is 6.70. The summed E-state index contributed by atoms with van der Waals surface area (Å²) in [5, 5.41) is 0. The number of hydrogen-bond donors (Lipinski definition) is 1. The van der Waals surface area contributed by atoms with Gasteiger partial charge in [-0.25, -0.2) is 0 Å². The highest BCUT2D eigenvalue weighted by atomic mass is 16.5. The van der Waals surface area contributed by atoms with E-state index in [1.54, 1.807) is 14.2 Å². The van der Waals surface area contributed by atoms with Crippen LogP contribution in [-0.2, 0) is 14.3 Å². The third kappa shape index (κ3) is 5.80. The summed E-state index contributed by atoms with van der Waals surface area (Å²) in [7, 11) is 3.32. The molecule has 0 heterocycles. The fourth-order valence-electron chi connectivity index (χ4n) is 1.98. The van der Waals surface area contributed by atoms with E-state index in [4.69, 9.17) is 15.2 Å². The van der Waals surface area contributed by atoms with Crippen molar-refractivity contribution in [3.05, 3.63) is 0 Å². The summed E-state index contributed by atoms with van der Waals surface area (Å²) in [4.78, 5) is 14.0. The number of carbonyl (C=O) groups excluding carboxylic acids is 1. The van der Waals surface area contributed by atoms with Crippen LogP contribution in [0.1, 0.15) is 25.7 Å². The predicted molar refractivity (Wildman–Crippen MR) is 70.3 cm³/mol. The Morgan fingerprint density at radius 3 is 2.50 bits per heavy atom. The van der Waals surface area contributed by atoms with Gasteiger partial charge in [0.1, 0.15) is 0 Å². The summed E-state index contributed by atoms with van der Waals surface area (Å²) in [5.74, 6) is 0.708. The molecule has 1 saturated carbocycles. The lowest BCUT2D eigenvalue weighted by molar-refractivity contribution is -0.132. The molecule has 0 spiro atoms. The number of carbonyl (C=O) groups is 1. The number of rotatable bonds is 10. The van der Waals surface area contributed by atoms with Crippen molar-refractivity contribution in [1.82, 2.24) is 4.90 Å². The molecule has 0 bridgehead atoms. The average molecular weight is 258 g/mol. The molecule has 1 amide bonds. The largest absolute Gasteiger partial charge is 0.385 e. The molecule has 0 aromatic heterocycles. The van der Waals surface area contributed by atoms with Crippen LogP contribution in [0, 0.1) is 5.92 Å². The van der Waals surface area contributed by atoms with Crippen molar-refractivity contribution in [1.29, 1.82) is 0 Å². The first-order chi connectivity index (χ1) is 8.69. The quantitative estimate of drug-likeness (QED) is 0.584. The molecule has 18 heavy (non-hydrogen) atoms. The van der Waals surface area contributed by atoms with Gasteiger partial charge in [-0.15, -0.1) is 0 Å².